The quantitative estimate of drug-likeness (QED) is 0.746. The molecule has 142 valence electrons. The normalized spacial score (nSPS) is 28.6. The van der Waals surface area contributed by atoms with Crippen molar-refractivity contribution in [1.29, 1.82) is 0 Å². The zero-order valence-electron chi connectivity index (χ0n) is 15.3. The number of nitrogens with one attached hydrogen (secondary N) is 1. The molecule has 2 fully saturated rings. The number of fused-ring (bicyclic) bond motifs is 1. The first kappa shape index (κ1) is 17.8. The highest BCUT2D eigenvalue weighted by molar-refractivity contribution is 5.85. The van der Waals surface area contributed by atoms with Gasteiger partial charge in [-0.1, -0.05) is 6.07 Å². The van der Waals surface area contributed by atoms with Crippen LogP contribution in [0, 0.1) is 5.92 Å². The van der Waals surface area contributed by atoms with Crippen LogP contribution in [-0.4, -0.2) is 59.5 Å². The summed E-state index contributed by atoms with van der Waals surface area (Å²) in [5, 5.41) is 23.7. The van der Waals surface area contributed by atoms with E-state index < -0.39 is 5.60 Å². The molecule has 0 aromatic heterocycles. The molecule has 1 aliphatic carbocycles. The average molecular weight is 360 g/mol. The van der Waals surface area contributed by atoms with Crippen molar-refractivity contribution in [2.45, 2.75) is 49.9 Å². The molecule has 1 saturated heterocycles. The third kappa shape index (κ3) is 3.33. The van der Waals surface area contributed by atoms with Gasteiger partial charge in [0, 0.05) is 19.5 Å². The van der Waals surface area contributed by atoms with E-state index in [1.807, 2.05) is 19.2 Å². The Morgan fingerprint density at radius 1 is 1.35 bits per heavy atom. The van der Waals surface area contributed by atoms with Gasteiger partial charge in [0.1, 0.15) is 11.4 Å². The minimum Gasteiger partial charge on any atom is -0.493 e. The molecule has 1 aromatic carbocycles. The fourth-order valence-corrected chi connectivity index (χ4v) is 4.27. The molecule has 0 spiro atoms. The molecule has 0 bridgehead atoms. The Morgan fingerprint density at radius 3 is 2.77 bits per heavy atom. The van der Waals surface area contributed by atoms with Crippen LogP contribution in [-0.2, 0) is 11.2 Å². The van der Waals surface area contributed by atoms with Crippen molar-refractivity contribution in [3.05, 3.63) is 29.3 Å². The van der Waals surface area contributed by atoms with Gasteiger partial charge in [0.25, 0.3) is 5.91 Å². The molecule has 26 heavy (non-hydrogen) atoms. The van der Waals surface area contributed by atoms with E-state index in [0.717, 1.165) is 17.7 Å². The van der Waals surface area contributed by atoms with Crippen molar-refractivity contribution >= 4 is 5.91 Å². The smallest absolute Gasteiger partial charge is 0.252 e. The zero-order chi connectivity index (χ0) is 18.3. The first-order valence-electron chi connectivity index (χ1n) is 9.60. The van der Waals surface area contributed by atoms with E-state index in [2.05, 4.69) is 16.3 Å². The van der Waals surface area contributed by atoms with Crippen LogP contribution in [0.4, 0.5) is 0 Å². The summed E-state index contributed by atoms with van der Waals surface area (Å²) < 4.78 is 5.58. The summed E-state index contributed by atoms with van der Waals surface area (Å²) in [7, 11) is 2.00. The van der Waals surface area contributed by atoms with Crippen molar-refractivity contribution in [3.63, 3.8) is 0 Å². The van der Waals surface area contributed by atoms with Crippen LogP contribution in [0.25, 0.3) is 0 Å². The Hall–Kier alpha value is -1.63. The maximum absolute atomic E-state index is 12.9. The lowest BCUT2D eigenvalue weighted by Gasteiger charge is -2.41. The zero-order valence-corrected chi connectivity index (χ0v) is 15.3. The molecule has 0 radical (unpaired) electrons. The van der Waals surface area contributed by atoms with Gasteiger partial charge in [0.05, 0.1) is 18.8 Å². The van der Waals surface area contributed by atoms with Gasteiger partial charge in [-0.25, -0.2) is 0 Å². The van der Waals surface area contributed by atoms with Crippen LogP contribution >= 0.6 is 0 Å². The number of hydrogen-bond acceptors (Lipinski definition) is 5. The van der Waals surface area contributed by atoms with Crippen LogP contribution in [0.3, 0.4) is 0 Å². The Morgan fingerprint density at radius 2 is 2.08 bits per heavy atom. The SMILES string of the molecule is CN1CCC(O)(C(=O)N[C@H](c2ccc3c(c2)CCO3)C2CC(O)C2)CC1. The van der Waals surface area contributed by atoms with Gasteiger partial charge >= 0.3 is 0 Å². The molecule has 1 saturated carbocycles. The third-order valence-corrected chi connectivity index (χ3v) is 6.22. The van der Waals surface area contributed by atoms with Crippen molar-refractivity contribution in [2.75, 3.05) is 26.7 Å². The minimum absolute atomic E-state index is 0.180. The number of carbonyl (C=O) groups is 1. The highest BCUT2D eigenvalue weighted by atomic mass is 16.5. The highest BCUT2D eigenvalue weighted by Gasteiger charge is 2.42. The Bertz CT molecular complexity index is 678. The number of hydrogen-bond donors (Lipinski definition) is 3. The molecule has 1 amide bonds. The Kier molecular flexibility index (Phi) is 4.67. The number of aliphatic hydroxyl groups is 2. The van der Waals surface area contributed by atoms with Crippen LogP contribution in [0.2, 0.25) is 0 Å². The second-order valence-electron chi connectivity index (χ2n) is 8.14. The van der Waals surface area contributed by atoms with E-state index in [-0.39, 0.29) is 24.0 Å². The molecule has 1 atom stereocenters. The minimum atomic E-state index is -1.30. The topological polar surface area (TPSA) is 82.0 Å². The second kappa shape index (κ2) is 6.83. The standard InChI is InChI=1S/C20H28N2O4/c1-22-7-5-20(25,6-8-22)19(24)21-18(15-11-16(23)12-15)14-2-3-17-13(10-14)4-9-26-17/h2-3,10,15-16,18,23,25H,4-9,11-12H2,1H3,(H,21,24)/t15?,16?,18-/m1/s1. The molecule has 6 heteroatoms. The number of amides is 1. The van der Waals surface area contributed by atoms with E-state index in [1.165, 1.54) is 5.56 Å². The summed E-state index contributed by atoms with van der Waals surface area (Å²) >= 11 is 0. The molecule has 6 nitrogen and oxygen atoms in total. The second-order valence-corrected chi connectivity index (χ2v) is 8.14. The molecule has 4 rings (SSSR count). The average Bonchev–Trinajstić information content (AvgIpc) is 3.07. The van der Waals surface area contributed by atoms with Crippen molar-refractivity contribution < 1.29 is 19.7 Å². The Labute approximate surface area is 154 Å². The van der Waals surface area contributed by atoms with Gasteiger partial charge in [-0.2, -0.15) is 0 Å². The number of ether oxygens (including phenoxy) is 1. The molecule has 3 N–H and O–H groups in total. The predicted molar refractivity (Wildman–Crippen MR) is 96.9 cm³/mol. The lowest BCUT2D eigenvalue weighted by molar-refractivity contribution is -0.146. The summed E-state index contributed by atoms with van der Waals surface area (Å²) in [5.41, 5.74) is 0.906. The fraction of sp³-hybridized carbons (Fsp3) is 0.650. The van der Waals surface area contributed by atoms with Gasteiger partial charge < -0.3 is 25.2 Å². The number of rotatable bonds is 4. The summed E-state index contributed by atoms with van der Waals surface area (Å²) in [6, 6.07) is 5.89. The van der Waals surface area contributed by atoms with Crippen molar-refractivity contribution in [2.24, 2.45) is 5.92 Å². The molecule has 0 unspecified atom stereocenters. The molecule has 2 heterocycles. The number of carbonyl (C=O) groups excluding carboxylic acids is 1. The van der Waals surface area contributed by atoms with Crippen LogP contribution < -0.4 is 10.1 Å². The van der Waals surface area contributed by atoms with E-state index in [4.69, 9.17) is 4.74 Å². The largest absolute Gasteiger partial charge is 0.493 e. The van der Waals surface area contributed by atoms with Gasteiger partial charge in [-0.05, 0) is 61.9 Å². The van der Waals surface area contributed by atoms with Gasteiger partial charge in [-0.3, -0.25) is 4.79 Å². The number of likely N-dealkylation sites (tertiary alicyclic amines) is 1. The first-order valence-corrected chi connectivity index (χ1v) is 9.60. The number of aliphatic hydroxyl groups excluding tert-OH is 1. The predicted octanol–water partition coefficient (Wildman–Crippen LogP) is 1.01. The maximum atomic E-state index is 12.9. The molecule has 3 aliphatic rings. The number of piperidine rings is 1. The van der Waals surface area contributed by atoms with Gasteiger partial charge in [0.2, 0.25) is 0 Å². The van der Waals surface area contributed by atoms with E-state index in [9.17, 15) is 15.0 Å². The van der Waals surface area contributed by atoms with Crippen molar-refractivity contribution in [3.8, 4) is 5.75 Å². The third-order valence-electron chi connectivity index (χ3n) is 6.22. The number of nitrogens with zero attached hydrogens (tertiary/aromatic N) is 1. The van der Waals surface area contributed by atoms with Crippen LogP contribution in [0.5, 0.6) is 5.75 Å². The first-order chi connectivity index (χ1) is 12.4. The van der Waals surface area contributed by atoms with Gasteiger partial charge in [-0.15, -0.1) is 0 Å². The summed E-state index contributed by atoms with van der Waals surface area (Å²) in [6.07, 6.45) is 2.86. The van der Waals surface area contributed by atoms with Crippen LogP contribution in [0.1, 0.15) is 42.9 Å². The molecular weight excluding hydrogens is 332 g/mol. The summed E-state index contributed by atoms with van der Waals surface area (Å²) in [5.74, 6) is 0.833. The monoisotopic (exact) mass is 360 g/mol. The van der Waals surface area contributed by atoms with Crippen LogP contribution in [0.15, 0.2) is 18.2 Å². The van der Waals surface area contributed by atoms with E-state index in [0.29, 0.717) is 45.4 Å². The highest BCUT2D eigenvalue weighted by Crippen LogP contribution is 2.40. The maximum Gasteiger partial charge on any atom is 0.252 e. The van der Waals surface area contributed by atoms with Gasteiger partial charge in [0.15, 0.2) is 0 Å². The number of benzene rings is 1. The molecular formula is C20H28N2O4. The van der Waals surface area contributed by atoms with E-state index >= 15 is 0 Å². The lowest BCUT2D eigenvalue weighted by Crippen LogP contribution is -2.55. The Balaban J connectivity index is 1.53. The fourth-order valence-electron chi connectivity index (χ4n) is 4.27. The molecule has 2 aliphatic heterocycles. The van der Waals surface area contributed by atoms with E-state index in [1.54, 1.807) is 0 Å². The lowest BCUT2D eigenvalue weighted by atomic mass is 9.74. The summed E-state index contributed by atoms with van der Waals surface area (Å²) in [4.78, 5) is 15.0. The van der Waals surface area contributed by atoms with Crippen molar-refractivity contribution in [1.82, 2.24) is 10.2 Å². The summed E-state index contributed by atoms with van der Waals surface area (Å²) in [6.45, 7) is 2.13. The molecule has 1 aromatic rings.